The minimum Gasteiger partial charge on any atom is -0.345 e. The van der Waals surface area contributed by atoms with Crippen molar-refractivity contribution in [1.29, 1.82) is 0 Å². The fourth-order valence-electron chi connectivity index (χ4n) is 2.41. The molecule has 1 fully saturated rings. The summed E-state index contributed by atoms with van der Waals surface area (Å²) >= 11 is 13.6. The van der Waals surface area contributed by atoms with Crippen LogP contribution in [0.15, 0.2) is 0 Å². The lowest BCUT2D eigenvalue weighted by Gasteiger charge is -2.35. The van der Waals surface area contributed by atoms with Crippen LogP contribution in [0.1, 0.15) is 43.9 Å². The van der Waals surface area contributed by atoms with Gasteiger partial charge in [0.05, 0.1) is 10.8 Å². The van der Waals surface area contributed by atoms with Gasteiger partial charge in [0.15, 0.2) is 5.13 Å². The van der Waals surface area contributed by atoms with Crippen LogP contribution in [0.2, 0.25) is 5.15 Å². The quantitative estimate of drug-likeness (QED) is 0.748. The van der Waals surface area contributed by atoms with Crippen molar-refractivity contribution >= 4 is 39.7 Å². The third-order valence-corrected chi connectivity index (χ3v) is 5.20. The lowest BCUT2D eigenvalue weighted by molar-refractivity contribution is 0.434. The summed E-state index contributed by atoms with van der Waals surface area (Å²) in [6.07, 6.45) is 6.34. The minimum atomic E-state index is 0.461. The number of nitrogens with zero attached hydrogens (tertiary/aromatic N) is 2. The molecule has 1 aromatic heterocycles. The SMILES string of the molecule is CCCC1CCCCN1c1nc(Cl)c(CCl)s1. The monoisotopic (exact) mass is 292 g/mol. The molecule has 2 heterocycles. The van der Waals surface area contributed by atoms with Crippen molar-refractivity contribution in [3.63, 3.8) is 0 Å². The minimum absolute atomic E-state index is 0.461. The highest BCUT2D eigenvalue weighted by molar-refractivity contribution is 7.16. The number of alkyl halides is 1. The summed E-state index contributed by atoms with van der Waals surface area (Å²) in [6.45, 7) is 3.35. The predicted molar refractivity (Wildman–Crippen MR) is 76.6 cm³/mol. The first-order chi connectivity index (χ1) is 8.26. The molecule has 96 valence electrons. The van der Waals surface area contributed by atoms with Gasteiger partial charge >= 0.3 is 0 Å². The summed E-state index contributed by atoms with van der Waals surface area (Å²) in [5.74, 6) is 0.461. The summed E-state index contributed by atoms with van der Waals surface area (Å²) in [4.78, 5) is 7.88. The zero-order valence-electron chi connectivity index (χ0n) is 10.1. The Bertz CT molecular complexity index is 365. The smallest absolute Gasteiger partial charge is 0.187 e. The highest BCUT2D eigenvalue weighted by Gasteiger charge is 2.25. The number of anilines is 1. The van der Waals surface area contributed by atoms with Gasteiger partial charge in [-0.05, 0) is 25.7 Å². The molecule has 1 aliphatic heterocycles. The number of rotatable bonds is 4. The molecule has 1 atom stereocenters. The second kappa shape index (κ2) is 6.26. The topological polar surface area (TPSA) is 16.1 Å². The fraction of sp³-hybridized carbons (Fsp3) is 0.750. The first kappa shape index (κ1) is 13.4. The van der Waals surface area contributed by atoms with E-state index in [0.717, 1.165) is 16.6 Å². The molecule has 1 aliphatic rings. The normalized spacial score (nSPS) is 20.9. The largest absolute Gasteiger partial charge is 0.345 e. The third kappa shape index (κ3) is 3.07. The Morgan fingerprint density at radius 1 is 1.47 bits per heavy atom. The molecule has 0 amide bonds. The van der Waals surface area contributed by atoms with Gasteiger partial charge in [-0.1, -0.05) is 36.3 Å². The zero-order valence-corrected chi connectivity index (χ0v) is 12.4. The van der Waals surface area contributed by atoms with Crippen LogP contribution >= 0.6 is 34.5 Å². The fourth-order valence-corrected chi connectivity index (χ4v) is 3.98. The number of aromatic nitrogens is 1. The van der Waals surface area contributed by atoms with Gasteiger partial charge in [-0.15, -0.1) is 11.6 Å². The molecule has 0 bridgehead atoms. The van der Waals surface area contributed by atoms with Crippen LogP contribution < -0.4 is 4.90 Å². The maximum absolute atomic E-state index is 6.08. The molecule has 2 nitrogen and oxygen atoms in total. The Morgan fingerprint density at radius 2 is 2.29 bits per heavy atom. The van der Waals surface area contributed by atoms with E-state index in [2.05, 4.69) is 16.8 Å². The van der Waals surface area contributed by atoms with E-state index in [0.29, 0.717) is 17.1 Å². The lowest BCUT2D eigenvalue weighted by atomic mass is 9.99. The molecule has 1 saturated heterocycles. The van der Waals surface area contributed by atoms with Gasteiger partial charge in [0, 0.05) is 12.6 Å². The Labute approximate surface area is 117 Å². The highest BCUT2D eigenvalue weighted by atomic mass is 35.5. The van der Waals surface area contributed by atoms with E-state index >= 15 is 0 Å². The Kier molecular flexibility index (Phi) is 4.95. The predicted octanol–water partition coefficient (Wildman–Crippen LogP) is 4.69. The van der Waals surface area contributed by atoms with Crippen LogP contribution in [0.25, 0.3) is 0 Å². The molecule has 0 radical (unpaired) electrons. The Balaban J connectivity index is 2.17. The van der Waals surface area contributed by atoms with E-state index in [1.165, 1.54) is 32.1 Å². The van der Waals surface area contributed by atoms with Gasteiger partial charge in [0.25, 0.3) is 0 Å². The summed E-state index contributed by atoms with van der Waals surface area (Å²) in [7, 11) is 0. The first-order valence-corrected chi connectivity index (χ1v) is 7.97. The van der Waals surface area contributed by atoms with Crippen molar-refractivity contribution in [2.75, 3.05) is 11.4 Å². The molecule has 0 aromatic carbocycles. The number of hydrogen-bond donors (Lipinski definition) is 0. The van der Waals surface area contributed by atoms with Gasteiger partial charge in [0.2, 0.25) is 0 Å². The van der Waals surface area contributed by atoms with Crippen LogP contribution in [0.3, 0.4) is 0 Å². The molecule has 17 heavy (non-hydrogen) atoms. The number of halogens is 2. The molecular formula is C12H18Cl2N2S. The van der Waals surface area contributed by atoms with E-state index in [1.54, 1.807) is 11.3 Å². The van der Waals surface area contributed by atoms with Crippen molar-refractivity contribution in [3.05, 3.63) is 10.0 Å². The molecule has 5 heteroatoms. The standard InChI is InChI=1S/C12H18Cl2N2S/c1-2-5-9-6-3-4-7-16(9)12-15-11(14)10(8-13)17-12/h9H,2-8H2,1H3. The van der Waals surface area contributed by atoms with Gasteiger partial charge in [-0.2, -0.15) is 0 Å². The van der Waals surface area contributed by atoms with Crippen molar-refractivity contribution in [2.24, 2.45) is 0 Å². The van der Waals surface area contributed by atoms with E-state index in [1.807, 2.05) is 0 Å². The molecule has 1 aromatic rings. The third-order valence-electron chi connectivity index (χ3n) is 3.25. The maximum Gasteiger partial charge on any atom is 0.187 e. The molecule has 0 aliphatic carbocycles. The van der Waals surface area contributed by atoms with Gasteiger partial charge in [-0.3, -0.25) is 0 Å². The Hall–Kier alpha value is 0.01000. The molecule has 1 unspecified atom stereocenters. The molecular weight excluding hydrogens is 275 g/mol. The van der Waals surface area contributed by atoms with Gasteiger partial charge < -0.3 is 4.90 Å². The first-order valence-electron chi connectivity index (χ1n) is 6.24. The summed E-state index contributed by atoms with van der Waals surface area (Å²) in [5.41, 5.74) is 0. The van der Waals surface area contributed by atoms with Crippen LogP contribution in [0.5, 0.6) is 0 Å². The molecule has 0 N–H and O–H groups in total. The lowest BCUT2D eigenvalue weighted by Crippen LogP contribution is -2.39. The summed E-state index contributed by atoms with van der Waals surface area (Å²) in [5, 5.41) is 1.64. The second-order valence-corrected chi connectivity index (χ2v) is 6.16. The number of piperidine rings is 1. The van der Waals surface area contributed by atoms with Crippen LogP contribution in [-0.2, 0) is 5.88 Å². The molecule has 2 rings (SSSR count). The summed E-state index contributed by atoms with van der Waals surface area (Å²) < 4.78 is 0. The van der Waals surface area contributed by atoms with E-state index in [9.17, 15) is 0 Å². The average molecular weight is 293 g/mol. The van der Waals surface area contributed by atoms with Crippen LogP contribution in [0, 0.1) is 0 Å². The van der Waals surface area contributed by atoms with Crippen molar-refractivity contribution < 1.29 is 0 Å². The van der Waals surface area contributed by atoms with Gasteiger partial charge in [-0.25, -0.2) is 4.98 Å². The van der Waals surface area contributed by atoms with Crippen molar-refractivity contribution in [3.8, 4) is 0 Å². The summed E-state index contributed by atoms with van der Waals surface area (Å²) in [6, 6.07) is 0.638. The van der Waals surface area contributed by atoms with Crippen molar-refractivity contribution in [1.82, 2.24) is 4.98 Å². The zero-order chi connectivity index (χ0) is 12.3. The number of thiazole rings is 1. The maximum atomic E-state index is 6.08. The van der Waals surface area contributed by atoms with E-state index in [4.69, 9.17) is 23.2 Å². The molecule has 0 spiro atoms. The van der Waals surface area contributed by atoms with Crippen LogP contribution in [-0.4, -0.2) is 17.6 Å². The van der Waals surface area contributed by atoms with Crippen molar-refractivity contribution in [2.45, 2.75) is 50.9 Å². The van der Waals surface area contributed by atoms with E-state index < -0.39 is 0 Å². The Morgan fingerprint density at radius 3 is 2.94 bits per heavy atom. The van der Waals surface area contributed by atoms with Crippen LogP contribution in [0.4, 0.5) is 5.13 Å². The average Bonchev–Trinajstić information content (AvgIpc) is 2.71. The number of hydrogen-bond acceptors (Lipinski definition) is 3. The molecule has 0 saturated carbocycles. The van der Waals surface area contributed by atoms with Gasteiger partial charge in [0.1, 0.15) is 5.15 Å². The highest BCUT2D eigenvalue weighted by Crippen LogP contribution is 2.35. The van der Waals surface area contributed by atoms with E-state index in [-0.39, 0.29) is 0 Å². The second-order valence-electron chi connectivity index (χ2n) is 4.48.